The highest BCUT2D eigenvalue weighted by atomic mass is 32.2. The van der Waals surface area contributed by atoms with Gasteiger partial charge in [-0.15, -0.1) is 0 Å². The lowest BCUT2D eigenvalue weighted by atomic mass is 9.97. The summed E-state index contributed by atoms with van der Waals surface area (Å²) in [5, 5.41) is -0.113. The largest absolute Gasteiger partial charge is 0.299 e. The molecule has 1 N–H and O–H groups in total. The van der Waals surface area contributed by atoms with E-state index in [1.807, 2.05) is 0 Å². The van der Waals surface area contributed by atoms with Gasteiger partial charge in [-0.05, 0) is 68.7 Å². The van der Waals surface area contributed by atoms with Crippen LogP contribution in [0.5, 0.6) is 0 Å². The Labute approximate surface area is 140 Å². The molecule has 1 aliphatic heterocycles. The van der Waals surface area contributed by atoms with Gasteiger partial charge in [-0.2, -0.15) is 0 Å². The number of nitrogens with one attached hydrogen (secondary N) is 1. The Balaban J connectivity index is 1.52. The van der Waals surface area contributed by atoms with Crippen LogP contribution in [0, 0.1) is 19.8 Å². The van der Waals surface area contributed by atoms with Crippen LogP contribution in [0.25, 0.3) is 0 Å². The van der Waals surface area contributed by atoms with Crippen LogP contribution in [0.15, 0.2) is 18.2 Å². The van der Waals surface area contributed by atoms with Gasteiger partial charge in [0.2, 0.25) is 10.0 Å². The monoisotopic (exact) mass is 336 g/mol. The van der Waals surface area contributed by atoms with E-state index in [0.29, 0.717) is 12.5 Å². The first kappa shape index (κ1) is 16.9. The lowest BCUT2D eigenvalue weighted by Gasteiger charge is -2.33. The van der Waals surface area contributed by atoms with E-state index in [1.165, 1.54) is 16.7 Å². The molecule has 2 aliphatic rings. The quantitative estimate of drug-likeness (QED) is 0.869. The third-order valence-corrected chi connectivity index (χ3v) is 7.04. The second-order valence-corrected chi connectivity index (χ2v) is 9.30. The maximum atomic E-state index is 12.0. The molecule has 1 atom stereocenters. The average molecular weight is 337 g/mol. The molecule has 1 aromatic carbocycles. The minimum atomic E-state index is -3.04. The molecule has 4 nitrogen and oxygen atoms in total. The first-order valence-corrected chi connectivity index (χ1v) is 10.3. The van der Waals surface area contributed by atoms with Gasteiger partial charge < -0.3 is 0 Å². The summed E-state index contributed by atoms with van der Waals surface area (Å²) in [6, 6.07) is 6.67. The van der Waals surface area contributed by atoms with Crippen LogP contribution in [-0.2, 0) is 16.6 Å². The number of hydrogen-bond donors (Lipinski definition) is 1. The SMILES string of the molecule is Cc1ccc(CN2CCC[C@@H](CNS(=O)(=O)C3CC3)C2)cc1C. The molecule has 5 heteroatoms. The average Bonchev–Trinajstić information content (AvgIpc) is 3.35. The first-order valence-electron chi connectivity index (χ1n) is 8.71. The van der Waals surface area contributed by atoms with Crippen LogP contribution in [0.3, 0.4) is 0 Å². The molecule has 1 aliphatic carbocycles. The fourth-order valence-corrected chi connectivity index (χ4v) is 4.81. The highest BCUT2D eigenvalue weighted by Crippen LogP contribution is 2.28. The predicted molar refractivity (Wildman–Crippen MR) is 93.9 cm³/mol. The summed E-state index contributed by atoms with van der Waals surface area (Å²) in [4.78, 5) is 2.46. The normalized spacial score (nSPS) is 23.1. The van der Waals surface area contributed by atoms with Gasteiger partial charge in [0.15, 0.2) is 0 Å². The third-order valence-electron chi connectivity index (χ3n) is 5.12. The molecule has 1 saturated heterocycles. The summed E-state index contributed by atoms with van der Waals surface area (Å²) < 4.78 is 26.7. The molecule has 0 amide bonds. The van der Waals surface area contributed by atoms with E-state index in [2.05, 4.69) is 41.7 Å². The fourth-order valence-electron chi connectivity index (χ4n) is 3.35. The van der Waals surface area contributed by atoms with Crippen molar-refractivity contribution in [3.63, 3.8) is 0 Å². The van der Waals surface area contributed by atoms with Crippen molar-refractivity contribution < 1.29 is 8.42 Å². The number of benzene rings is 1. The maximum Gasteiger partial charge on any atom is 0.214 e. The molecule has 1 saturated carbocycles. The van der Waals surface area contributed by atoms with Crippen LogP contribution in [-0.4, -0.2) is 38.2 Å². The lowest BCUT2D eigenvalue weighted by molar-refractivity contribution is 0.169. The molecule has 0 bridgehead atoms. The van der Waals surface area contributed by atoms with Crippen molar-refractivity contribution in [2.45, 2.75) is 51.3 Å². The van der Waals surface area contributed by atoms with E-state index in [9.17, 15) is 8.42 Å². The van der Waals surface area contributed by atoms with E-state index in [-0.39, 0.29) is 5.25 Å². The van der Waals surface area contributed by atoms with Gasteiger partial charge in [0, 0.05) is 19.6 Å². The number of sulfonamides is 1. The minimum absolute atomic E-state index is 0.113. The van der Waals surface area contributed by atoms with Crippen molar-refractivity contribution in [3.05, 3.63) is 34.9 Å². The second-order valence-electron chi connectivity index (χ2n) is 7.25. The van der Waals surface area contributed by atoms with Gasteiger partial charge in [-0.1, -0.05) is 18.2 Å². The Morgan fingerprint density at radius 1 is 1.17 bits per heavy atom. The fraction of sp³-hybridized carbons (Fsp3) is 0.667. The first-order chi connectivity index (χ1) is 10.9. The van der Waals surface area contributed by atoms with Crippen molar-refractivity contribution in [1.29, 1.82) is 0 Å². The van der Waals surface area contributed by atoms with Crippen molar-refractivity contribution in [1.82, 2.24) is 9.62 Å². The molecule has 2 fully saturated rings. The molecule has 0 unspecified atom stereocenters. The van der Waals surface area contributed by atoms with Crippen molar-refractivity contribution >= 4 is 10.0 Å². The number of nitrogens with zero attached hydrogens (tertiary/aromatic N) is 1. The van der Waals surface area contributed by atoms with Gasteiger partial charge in [-0.25, -0.2) is 13.1 Å². The van der Waals surface area contributed by atoms with Crippen LogP contribution in [0.4, 0.5) is 0 Å². The van der Waals surface area contributed by atoms with Gasteiger partial charge in [0.25, 0.3) is 0 Å². The van der Waals surface area contributed by atoms with Crippen molar-refractivity contribution in [2.75, 3.05) is 19.6 Å². The number of piperidine rings is 1. The Morgan fingerprint density at radius 2 is 1.96 bits per heavy atom. The third kappa shape index (κ3) is 4.55. The summed E-state index contributed by atoms with van der Waals surface area (Å²) in [5.41, 5.74) is 4.03. The van der Waals surface area contributed by atoms with Gasteiger partial charge in [-0.3, -0.25) is 4.90 Å². The molecule has 1 heterocycles. The predicted octanol–water partition coefficient (Wildman–Crippen LogP) is 2.60. The number of likely N-dealkylation sites (tertiary alicyclic amines) is 1. The molecule has 1 aromatic rings. The molecule has 0 spiro atoms. The molecule has 23 heavy (non-hydrogen) atoms. The Hall–Kier alpha value is -0.910. The van der Waals surface area contributed by atoms with E-state index in [1.54, 1.807) is 0 Å². The smallest absolute Gasteiger partial charge is 0.214 e. The zero-order chi connectivity index (χ0) is 16.4. The van der Waals surface area contributed by atoms with E-state index in [4.69, 9.17) is 0 Å². The summed E-state index contributed by atoms with van der Waals surface area (Å²) in [7, 11) is -3.04. The minimum Gasteiger partial charge on any atom is -0.299 e. The van der Waals surface area contributed by atoms with Gasteiger partial charge >= 0.3 is 0 Å². The standard InChI is InChI=1S/C18H28N2O2S/c1-14-5-6-16(10-15(14)2)12-20-9-3-4-17(13-20)11-19-23(21,22)18-7-8-18/h5-6,10,17-19H,3-4,7-9,11-13H2,1-2H3/t17-/m0/s1. The maximum absolute atomic E-state index is 12.0. The van der Waals surface area contributed by atoms with Gasteiger partial charge in [0.05, 0.1) is 5.25 Å². The van der Waals surface area contributed by atoms with Crippen molar-refractivity contribution in [2.24, 2.45) is 5.92 Å². The van der Waals surface area contributed by atoms with Gasteiger partial charge in [0.1, 0.15) is 0 Å². The topological polar surface area (TPSA) is 49.4 Å². The summed E-state index contributed by atoms with van der Waals surface area (Å²) in [6.07, 6.45) is 3.94. The highest BCUT2D eigenvalue weighted by molar-refractivity contribution is 7.90. The zero-order valence-electron chi connectivity index (χ0n) is 14.2. The number of hydrogen-bond acceptors (Lipinski definition) is 3. The second kappa shape index (κ2) is 6.91. The van der Waals surface area contributed by atoms with Crippen LogP contribution >= 0.6 is 0 Å². The van der Waals surface area contributed by atoms with Crippen LogP contribution < -0.4 is 4.72 Å². The summed E-state index contributed by atoms with van der Waals surface area (Å²) in [6.45, 7) is 7.96. The molecular formula is C18H28N2O2S. The molecular weight excluding hydrogens is 308 g/mol. The molecule has 0 aromatic heterocycles. The Kier molecular flexibility index (Phi) is 5.09. The molecule has 0 radical (unpaired) electrons. The molecule has 128 valence electrons. The highest BCUT2D eigenvalue weighted by Gasteiger charge is 2.35. The van der Waals surface area contributed by atoms with E-state index in [0.717, 1.165) is 45.3 Å². The Morgan fingerprint density at radius 3 is 2.65 bits per heavy atom. The Bertz CT molecular complexity index is 653. The molecule has 3 rings (SSSR count). The number of rotatable bonds is 6. The van der Waals surface area contributed by atoms with E-state index < -0.39 is 10.0 Å². The van der Waals surface area contributed by atoms with E-state index >= 15 is 0 Å². The summed E-state index contributed by atoms with van der Waals surface area (Å²) >= 11 is 0. The van der Waals surface area contributed by atoms with Crippen molar-refractivity contribution in [3.8, 4) is 0 Å². The van der Waals surface area contributed by atoms with Crippen LogP contribution in [0.2, 0.25) is 0 Å². The van der Waals surface area contributed by atoms with Crippen LogP contribution in [0.1, 0.15) is 42.4 Å². The lowest BCUT2D eigenvalue weighted by Crippen LogP contribution is -2.41. The summed E-state index contributed by atoms with van der Waals surface area (Å²) in [5.74, 6) is 0.434. The number of aryl methyl sites for hydroxylation is 2. The zero-order valence-corrected chi connectivity index (χ0v) is 15.0.